The minimum absolute atomic E-state index is 0.0611. The first-order valence-electron chi connectivity index (χ1n) is 9.26. The summed E-state index contributed by atoms with van der Waals surface area (Å²) < 4.78 is 26.4. The number of benzene rings is 3. The molecule has 0 saturated carbocycles. The number of halogens is 1. The van der Waals surface area contributed by atoms with Crippen LogP contribution in [0, 0.1) is 5.82 Å². The van der Waals surface area contributed by atoms with Crippen LogP contribution in [0.3, 0.4) is 0 Å². The van der Waals surface area contributed by atoms with Crippen LogP contribution in [-0.2, 0) is 4.74 Å². The van der Waals surface area contributed by atoms with Gasteiger partial charge in [0.05, 0.1) is 19.3 Å². The zero-order chi connectivity index (χ0) is 20.4. The lowest BCUT2D eigenvalue weighted by molar-refractivity contribution is 0.0521. The van der Waals surface area contributed by atoms with Gasteiger partial charge in [0.1, 0.15) is 11.6 Å². The van der Waals surface area contributed by atoms with E-state index < -0.39 is 11.8 Å². The van der Waals surface area contributed by atoms with Crippen LogP contribution in [0.4, 0.5) is 4.39 Å². The molecule has 0 fully saturated rings. The zero-order valence-corrected chi connectivity index (χ0v) is 16.9. The number of rotatable bonds is 5. The first kappa shape index (κ1) is 19.2. The Balaban J connectivity index is 1.94. The first-order chi connectivity index (χ1) is 14.1. The second-order valence-corrected chi connectivity index (χ2v) is 7.47. The van der Waals surface area contributed by atoms with Crippen molar-refractivity contribution in [3.63, 3.8) is 0 Å². The number of carbonyl (C=O) groups excluding carboxylic acids is 1. The normalized spacial score (nSPS) is 10.9. The van der Waals surface area contributed by atoms with E-state index in [-0.39, 0.29) is 12.2 Å². The molecule has 3 nitrogen and oxygen atoms in total. The van der Waals surface area contributed by atoms with Crippen LogP contribution in [0.15, 0.2) is 66.7 Å². The summed E-state index contributed by atoms with van der Waals surface area (Å²) in [6.07, 6.45) is 0. The summed E-state index contributed by atoms with van der Waals surface area (Å²) in [5, 5.41) is 1.03. The lowest BCUT2D eigenvalue weighted by atomic mass is 9.97. The minimum atomic E-state index is -0.656. The minimum Gasteiger partial charge on any atom is -0.496 e. The molecule has 4 aromatic rings. The molecule has 1 heterocycles. The van der Waals surface area contributed by atoms with Crippen LogP contribution in [0.2, 0.25) is 0 Å². The molecule has 0 bridgehead atoms. The molecule has 0 unspecified atom stereocenters. The molecule has 0 saturated heterocycles. The summed E-state index contributed by atoms with van der Waals surface area (Å²) in [5.74, 6) is -0.497. The maximum atomic E-state index is 14.8. The Kier molecular flexibility index (Phi) is 5.32. The van der Waals surface area contributed by atoms with E-state index in [2.05, 4.69) is 0 Å². The van der Waals surface area contributed by atoms with E-state index in [0.29, 0.717) is 5.56 Å². The largest absolute Gasteiger partial charge is 0.496 e. The van der Waals surface area contributed by atoms with E-state index in [1.165, 1.54) is 12.1 Å². The van der Waals surface area contributed by atoms with Crippen LogP contribution in [0.5, 0.6) is 5.75 Å². The molecule has 146 valence electrons. The predicted octanol–water partition coefficient (Wildman–Crippen LogP) is 6.56. The molecule has 3 aromatic carbocycles. The summed E-state index contributed by atoms with van der Waals surface area (Å²) in [5.41, 5.74) is 2.51. The van der Waals surface area contributed by atoms with Crippen LogP contribution < -0.4 is 4.74 Å². The molecule has 5 heteroatoms. The van der Waals surface area contributed by atoms with E-state index in [4.69, 9.17) is 9.47 Å². The number of thiophene rings is 1. The maximum absolute atomic E-state index is 14.8. The Morgan fingerprint density at radius 1 is 1.03 bits per heavy atom. The quantitative estimate of drug-likeness (QED) is 0.352. The van der Waals surface area contributed by atoms with Gasteiger partial charge >= 0.3 is 5.97 Å². The average Bonchev–Trinajstić information content (AvgIpc) is 3.13. The Labute approximate surface area is 172 Å². The maximum Gasteiger partial charge on any atom is 0.341 e. The lowest BCUT2D eigenvalue weighted by Crippen LogP contribution is -2.07. The van der Waals surface area contributed by atoms with Gasteiger partial charge in [-0.3, -0.25) is 0 Å². The van der Waals surface area contributed by atoms with Crippen molar-refractivity contribution in [2.75, 3.05) is 13.7 Å². The van der Waals surface area contributed by atoms with E-state index >= 15 is 0 Å². The van der Waals surface area contributed by atoms with Gasteiger partial charge in [0, 0.05) is 26.1 Å². The summed E-state index contributed by atoms with van der Waals surface area (Å²) in [6, 6.07) is 20.5. The van der Waals surface area contributed by atoms with Gasteiger partial charge in [-0.2, -0.15) is 0 Å². The van der Waals surface area contributed by atoms with E-state index in [0.717, 1.165) is 31.8 Å². The molecule has 0 aliphatic rings. The second kappa shape index (κ2) is 8.05. The Morgan fingerprint density at radius 3 is 2.55 bits per heavy atom. The number of hydrogen-bond acceptors (Lipinski definition) is 4. The van der Waals surface area contributed by atoms with Gasteiger partial charge in [-0.05, 0) is 42.8 Å². The van der Waals surface area contributed by atoms with Gasteiger partial charge in [-0.25, -0.2) is 9.18 Å². The van der Waals surface area contributed by atoms with Crippen molar-refractivity contribution in [2.24, 2.45) is 0 Å². The molecule has 4 rings (SSSR count). The highest BCUT2D eigenvalue weighted by Gasteiger charge is 2.20. The topological polar surface area (TPSA) is 35.5 Å². The lowest BCUT2D eigenvalue weighted by Gasteiger charge is -2.11. The third-order valence-corrected chi connectivity index (χ3v) is 5.90. The summed E-state index contributed by atoms with van der Waals surface area (Å²) in [6.45, 7) is 1.90. The zero-order valence-electron chi connectivity index (χ0n) is 16.1. The number of ether oxygens (including phenoxy) is 2. The molecule has 0 N–H and O–H groups in total. The summed E-state index contributed by atoms with van der Waals surface area (Å²) in [4.78, 5) is 13.0. The van der Waals surface area contributed by atoms with Gasteiger partial charge in [0.15, 0.2) is 0 Å². The van der Waals surface area contributed by atoms with Gasteiger partial charge in [0.2, 0.25) is 0 Å². The Hall–Kier alpha value is -3.18. The molecule has 0 aliphatic heterocycles. The predicted molar refractivity (Wildman–Crippen MR) is 115 cm³/mol. The standard InChI is InChI=1S/C24H19FO3S/c1-3-28-24(26)16-13-12-15(14-19(16)25)22-18-9-5-7-11-21(18)29-23(22)17-8-4-6-10-20(17)27-2/h4-14H,3H2,1-2H3. The summed E-state index contributed by atoms with van der Waals surface area (Å²) in [7, 11) is 1.64. The number of methoxy groups -OCH3 is 1. The van der Waals surface area contributed by atoms with E-state index in [1.54, 1.807) is 31.4 Å². The van der Waals surface area contributed by atoms with Crippen molar-refractivity contribution in [3.05, 3.63) is 78.1 Å². The van der Waals surface area contributed by atoms with Crippen molar-refractivity contribution in [1.29, 1.82) is 0 Å². The van der Waals surface area contributed by atoms with Gasteiger partial charge < -0.3 is 9.47 Å². The SMILES string of the molecule is CCOC(=O)c1ccc(-c2c(-c3ccccc3OC)sc3ccccc23)cc1F. The average molecular weight is 406 g/mol. The number of carbonyl (C=O) groups is 1. The second-order valence-electron chi connectivity index (χ2n) is 6.42. The molecular formula is C24H19FO3S. The first-order valence-corrected chi connectivity index (χ1v) is 10.1. The van der Waals surface area contributed by atoms with E-state index in [1.807, 2.05) is 48.5 Å². The number of para-hydroxylation sites is 1. The third-order valence-electron chi connectivity index (χ3n) is 4.70. The Bertz CT molecular complexity index is 1200. The van der Waals surface area contributed by atoms with Crippen LogP contribution >= 0.6 is 11.3 Å². The number of fused-ring (bicyclic) bond motifs is 1. The highest BCUT2D eigenvalue weighted by atomic mass is 32.1. The van der Waals surface area contributed by atoms with Crippen molar-refractivity contribution in [3.8, 4) is 27.3 Å². The molecule has 29 heavy (non-hydrogen) atoms. The van der Waals surface area contributed by atoms with Gasteiger partial charge in [-0.1, -0.05) is 36.4 Å². The molecule has 0 amide bonds. The molecule has 0 atom stereocenters. The number of hydrogen-bond donors (Lipinski definition) is 0. The smallest absolute Gasteiger partial charge is 0.341 e. The fourth-order valence-electron chi connectivity index (χ4n) is 3.40. The van der Waals surface area contributed by atoms with Crippen molar-refractivity contribution in [2.45, 2.75) is 6.92 Å². The highest BCUT2D eigenvalue weighted by molar-refractivity contribution is 7.23. The monoisotopic (exact) mass is 406 g/mol. The van der Waals surface area contributed by atoms with Crippen molar-refractivity contribution < 1.29 is 18.7 Å². The fourth-order valence-corrected chi connectivity index (χ4v) is 4.65. The molecular weight excluding hydrogens is 387 g/mol. The molecule has 1 aromatic heterocycles. The van der Waals surface area contributed by atoms with Crippen LogP contribution in [-0.4, -0.2) is 19.7 Å². The fraction of sp³-hybridized carbons (Fsp3) is 0.125. The third kappa shape index (κ3) is 3.49. The van der Waals surface area contributed by atoms with E-state index in [9.17, 15) is 9.18 Å². The van der Waals surface area contributed by atoms with Gasteiger partial charge in [0.25, 0.3) is 0 Å². The van der Waals surface area contributed by atoms with Gasteiger partial charge in [-0.15, -0.1) is 11.3 Å². The van der Waals surface area contributed by atoms with Crippen molar-refractivity contribution in [1.82, 2.24) is 0 Å². The number of esters is 1. The molecule has 0 spiro atoms. The molecule has 0 aliphatic carbocycles. The van der Waals surface area contributed by atoms with Crippen LogP contribution in [0.25, 0.3) is 31.7 Å². The highest BCUT2D eigenvalue weighted by Crippen LogP contribution is 2.47. The molecule has 0 radical (unpaired) electrons. The van der Waals surface area contributed by atoms with Crippen molar-refractivity contribution >= 4 is 27.4 Å². The van der Waals surface area contributed by atoms with Crippen LogP contribution in [0.1, 0.15) is 17.3 Å². The summed E-state index contributed by atoms with van der Waals surface area (Å²) >= 11 is 1.63. The Morgan fingerprint density at radius 2 is 1.79 bits per heavy atom.